The van der Waals surface area contributed by atoms with Crippen LogP contribution in [0.2, 0.25) is 5.02 Å². The minimum atomic E-state index is -0.921. The van der Waals surface area contributed by atoms with E-state index in [0.29, 0.717) is 24.6 Å². The molecule has 5 rings (SSSR count). The lowest BCUT2D eigenvalue weighted by Gasteiger charge is -2.32. The number of nitrogens with one attached hydrogen (secondary N) is 1. The van der Waals surface area contributed by atoms with E-state index in [1.54, 1.807) is 18.7 Å². The fourth-order valence-corrected chi connectivity index (χ4v) is 6.65. The molecule has 0 aromatic heterocycles. The minimum Gasteiger partial charge on any atom is -0.465 e. The van der Waals surface area contributed by atoms with Gasteiger partial charge in [0.25, 0.3) is 0 Å². The molecule has 5 atom stereocenters. The maximum absolute atomic E-state index is 14.2. The van der Waals surface area contributed by atoms with Gasteiger partial charge in [0.15, 0.2) is 0 Å². The SMILES string of the molecule is CC(N)C(=O)NC(C(=O)N1CCCC1/C=C/[C@](C)(COC(=O)Cc1ccc2ccccc2c1)Cc1cccc(Cl)c1)C(C)OCc1ccccc1. The first-order valence-corrected chi connectivity index (χ1v) is 18.0. The molecule has 0 spiro atoms. The second kappa shape index (κ2) is 17.6. The van der Waals surface area contributed by atoms with Crippen molar-refractivity contribution in [1.29, 1.82) is 0 Å². The number of rotatable bonds is 15. The zero-order valence-corrected chi connectivity index (χ0v) is 30.4. The van der Waals surface area contributed by atoms with E-state index in [4.69, 9.17) is 26.8 Å². The molecule has 9 heteroatoms. The Kier molecular flexibility index (Phi) is 13.0. The monoisotopic (exact) mass is 709 g/mol. The number of ether oxygens (including phenoxy) is 2. The van der Waals surface area contributed by atoms with Crippen molar-refractivity contribution in [2.75, 3.05) is 13.2 Å². The fraction of sp³-hybridized carbons (Fsp3) is 0.357. The highest BCUT2D eigenvalue weighted by Gasteiger charge is 2.37. The molecule has 1 fully saturated rings. The average Bonchev–Trinajstić information content (AvgIpc) is 3.60. The molecule has 0 saturated carbocycles. The number of carbonyl (C=O) groups excluding carboxylic acids is 3. The molecule has 3 N–H and O–H groups in total. The van der Waals surface area contributed by atoms with E-state index in [0.717, 1.165) is 40.3 Å². The van der Waals surface area contributed by atoms with Crippen LogP contribution in [-0.2, 0) is 43.3 Å². The molecule has 4 aromatic carbocycles. The molecule has 2 amide bonds. The summed E-state index contributed by atoms with van der Waals surface area (Å²) in [5.41, 5.74) is 8.13. The first kappa shape index (κ1) is 37.7. The Balaban J connectivity index is 1.31. The Bertz CT molecular complexity index is 1830. The summed E-state index contributed by atoms with van der Waals surface area (Å²) < 4.78 is 12.0. The standard InChI is InChI=1S/C42H48ClN3O5/c1-29(44)40(48)45-39(30(2)50-27-31-11-5-4-6-12-31)41(49)46-22-10-17-37(46)20-21-42(3,26-33-13-9-16-36(43)24-33)28-51-38(47)25-32-18-19-34-14-7-8-15-35(34)23-32/h4-9,11-16,18-21,23-24,29-30,37,39H,10,17,22,25-28,44H2,1-3H3,(H,45,48)/b21-20+/t29?,30?,37?,39?,42-/m0/s1. The van der Waals surface area contributed by atoms with Crippen LogP contribution in [0.5, 0.6) is 0 Å². The van der Waals surface area contributed by atoms with Gasteiger partial charge in [-0.25, -0.2) is 0 Å². The first-order valence-electron chi connectivity index (χ1n) is 17.6. The van der Waals surface area contributed by atoms with Crippen LogP contribution in [0, 0.1) is 5.41 Å². The maximum atomic E-state index is 14.2. The molecule has 0 aliphatic carbocycles. The van der Waals surface area contributed by atoms with Gasteiger partial charge in [-0.05, 0) is 72.7 Å². The molecular weight excluding hydrogens is 662 g/mol. The molecule has 1 saturated heterocycles. The Morgan fingerprint density at radius 1 is 0.941 bits per heavy atom. The number of likely N-dealkylation sites (tertiary alicyclic amines) is 1. The molecule has 8 nitrogen and oxygen atoms in total. The second-order valence-corrected chi connectivity index (χ2v) is 14.3. The van der Waals surface area contributed by atoms with Crippen LogP contribution in [0.1, 0.15) is 50.3 Å². The molecular formula is C42H48ClN3O5. The van der Waals surface area contributed by atoms with Crippen LogP contribution in [0.15, 0.2) is 109 Å². The van der Waals surface area contributed by atoms with Gasteiger partial charge in [-0.15, -0.1) is 0 Å². The van der Waals surface area contributed by atoms with Crippen molar-refractivity contribution >= 4 is 40.2 Å². The fourth-order valence-electron chi connectivity index (χ4n) is 6.43. The summed E-state index contributed by atoms with van der Waals surface area (Å²) in [4.78, 5) is 41.9. The Morgan fingerprint density at radius 2 is 1.67 bits per heavy atom. The number of amides is 2. The summed E-state index contributed by atoms with van der Waals surface area (Å²) in [6.45, 7) is 6.39. The summed E-state index contributed by atoms with van der Waals surface area (Å²) in [6.07, 6.45) is 5.76. The third-order valence-corrected chi connectivity index (χ3v) is 9.56. The topological polar surface area (TPSA) is 111 Å². The Labute approximate surface area is 305 Å². The zero-order valence-electron chi connectivity index (χ0n) is 29.6. The number of hydrogen-bond acceptors (Lipinski definition) is 6. The summed E-state index contributed by atoms with van der Waals surface area (Å²) in [5, 5.41) is 5.66. The molecule has 4 aromatic rings. The van der Waals surface area contributed by atoms with Gasteiger partial charge in [0.2, 0.25) is 11.8 Å². The molecule has 1 heterocycles. The first-order chi connectivity index (χ1) is 24.5. The van der Waals surface area contributed by atoms with E-state index in [-0.39, 0.29) is 30.9 Å². The second-order valence-electron chi connectivity index (χ2n) is 13.9. The summed E-state index contributed by atoms with van der Waals surface area (Å²) in [5.74, 6) is -0.963. The molecule has 1 aliphatic heterocycles. The van der Waals surface area contributed by atoms with Crippen LogP contribution in [-0.4, -0.2) is 60.1 Å². The average molecular weight is 710 g/mol. The normalized spacial score (nSPS) is 17.5. The van der Waals surface area contributed by atoms with Gasteiger partial charge < -0.3 is 25.4 Å². The lowest BCUT2D eigenvalue weighted by atomic mass is 9.83. The van der Waals surface area contributed by atoms with E-state index < -0.39 is 29.5 Å². The molecule has 0 bridgehead atoms. The van der Waals surface area contributed by atoms with Crippen molar-refractivity contribution < 1.29 is 23.9 Å². The number of carbonyl (C=O) groups is 3. The highest BCUT2D eigenvalue weighted by molar-refractivity contribution is 6.30. The van der Waals surface area contributed by atoms with Gasteiger partial charge >= 0.3 is 5.97 Å². The number of hydrogen-bond donors (Lipinski definition) is 2. The lowest BCUT2D eigenvalue weighted by Crippen LogP contribution is -2.57. The molecule has 268 valence electrons. The van der Waals surface area contributed by atoms with E-state index in [1.165, 1.54) is 0 Å². The lowest BCUT2D eigenvalue weighted by molar-refractivity contribution is -0.145. The smallest absolute Gasteiger partial charge is 0.310 e. The Morgan fingerprint density at radius 3 is 2.41 bits per heavy atom. The number of esters is 1. The van der Waals surface area contributed by atoms with Gasteiger partial charge in [0.1, 0.15) is 12.6 Å². The zero-order chi connectivity index (χ0) is 36.4. The third kappa shape index (κ3) is 10.7. The van der Waals surface area contributed by atoms with Crippen molar-refractivity contribution in [3.05, 3.63) is 131 Å². The number of nitrogens with two attached hydrogens (primary N) is 1. The quantitative estimate of drug-likeness (QED) is 0.104. The van der Waals surface area contributed by atoms with Gasteiger partial charge in [0.05, 0.1) is 31.2 Å². The van der Waals surface area contributed by atoms with E-state index in [9.17, 15) is 14.4 Å². The number of fused-ring (bicyclic) bond motifs is 1. The Hall–Kier alpha value is -4.50. The third-order valence-electron chi connectivity index (χ3n) is 9.33. The summed E-state index contributed by atoms with van der Waals surface area (Å²) >= 11 is 6.34. The van der Waals surface area contributed by atoms with E-state index >= 15 is 0 Å². The highest BCUT2D eigenvalue weighted by atomic mass is 35.5. The molecule has 0 radical (unpaired) electrons. The predicted molar refractivity (Wildman–Crippen MR) is 202 cm³/mol. The van der Waals surface area contributed by atoms with Crippen molar-refractivity contribution in [2.45, 2.75) is 77.3 Å². The van der Waals surface area contributed by atoms with E-state index in [2.05, 4.69) is 11.4 Å². The summed E-state index contributed by atoms with van der Waals surface area (Å²) in [6, 6.07) is 29.4. The van der Waals surface area contributed by atoms with Crippen molar-refractivity contribution in [3.8, 4) is 0 Å². The predicted octanol–water partition coefficient (Wildman–Crippen LogP) is 6.81. The van der Waals surface area contributed by atoms with Crippen LogP contribution < -0.4 is 11.1 Å². The van der Waals surface area contributed by atoms with Crippen LogP contribution in [0.25, 0.3) is 10.8 Å². The van der Waals surface area contributed by atoms with Crippen LogP contribution >= 0.6 is 11.6 Å². The van der Waals surface area contributed by atoms with E-state index in [1.807, 2.05) is 110 Å². The van der Waals surface area contributed by atoms with Crippen LogP contribution in [0.4, 0.5) is 0 Å². The van der Waals surface area contributed by atoms with Crippen molar-refractivity contribution in [1.82, 2.24) is 10.2 Å². The van der Waals surface area contributed by atoms with Crippen molar-refractivity contribution in [2.24, 2.45) is 11.1 Å². The number of halogens is 1. The highest BCUT2D eigenvalue weighted by Crippen LogP contribution is 2.29. The summed E-state index contributed by atoms with van der Waals surface area (Å²) in [7, 11) is 0. The number of nitrogens with zero attached hydrogens (tertiary/aromatic N) is 1. The molecule has 1 aliphatic rings. The minimum absolute atomic E-state index is 0.139. The van der Waals surface area contributed by atoms with Gasteiger partial charge in [-0.2, -0.15) is 0 Å². The number of benzene rings is 4. The largest absolute Gasteiger partial charge is 0.465 e. The van der Waals surface area contributed by atoms with Gasteiger partial charge in [-0.3, -0.25) is 14.4 Å². The molecule has 51 heavy (non-hydrogen) atoms. The van der Waals surface area contributed by atoms with Gasteiger partial charge in [0, 0.05) is 17.0 Å². The maximum Gasteiger partial charge on any atom is 0.310 e. The van der Waals surface area contributed by atoms with Gasteiger partial charge in [-0.1, -0.05) is 116 Å². The molecule has 4 unspecified atom stereocenters. The van der Waals surface area contributed by atoms with Crippen molar-refractivity contribution in [3.63, 3.8) is 0 Å². The van der Waals surface area contributed by atoms with Crippen LogP contribution in [0.3, 0.4) is 0 Å².